The van der Waals surface area contributed by atoms with Crippen LogP contribution in [0.15, 0.2) is 22.6 Å². The maximum Gasteiger partial charge on any atom is 0.295 e. The second-order valence-electron chi connectivity index (χ2n) is 5.10. The van der Waals surface area contributed by atoms with E-state index >= 15 is 0 Å². The van der Waals surface area contributed by atoms with Gasteiger partial charge in [-0.25, -0.2) is 0 Å². The molecule has 6 nitrogen and oxygen atoms in total. The van der Waals surface area contributed by atoms with Crippen LogP contribution in [0.1, 0.15) is 27.2 Å². The molecule has 1 aromatic heterocycles. The van der Waals surface area contributed by atoms with E-state index < -0.39 is 4.92 Å². The zero-order valence-corrected chi connectivity index (χ0v) is 11.2. The Morgan fingerprint density at radius 2 is 2.16 bits per heavy atom. The first-order chi connectivity index (χ1) is 8.95. The molecule has 1 aromatic carbocycles. The smallest absolute Gasteiger partial charge is 0.295 e. The first-order valence-corrected chi connectivity index (χ1v) is 6.27. The molecule has 1 unspecified atom stereocenters. The van der Waals surface area contributed by atoms with Crippen LogP contribution in [0.3, 0.4) is 0 Å². The zero-order valence-electron chi connectivity index (χ0n) is 11.2. The molecular formula is C13H17N3O3. The fourth-order valence-electron chi connectivity index (χ4n) is 2.07. The molecule has 0 amide bonds. The van der Waals surface area contributed by atoms with Crippen molar-refractivity contribution in [2.75, 3.05) is 5.32 Å². The number of fused-ring (bicyclic) bond motifs is 1. The SMILES string of the molecule is CC(C)CC(C)Nc1nc2cc([N+](=O)[O-])ccc2o1. The number of aromatic nitrogens is 1. The minimum absolute atomic E-state index is 0.0163. The van der Waals surface area contributed by atoms with Gasteiger partial charge in [-0.3, -0.25) is 10.1 Å². The summed E-state index contributed by atoms with van der Waals surface area (Å²) in [6, 6.07) is 5.04. The van der Waals surface area contributed by atoms with Gasteiger partial charge in [-0.15, -0.1) is 0 Å². The zero-order chi connectivity index (χ0) is 14.0. The van der Waals surface area contributed by atoms with E-state index in [2.05, 4.69) is 31.1 Å². The summed E-state index contributed by atoms with van der Waals surface area (Å²) in [4.78, 5) is 14.5. The van der Waals surface area contributed by atoms with E-state index in [9.17, 15) is 10.1 Å². The van der Waals surface area contributed by atoms with E-state index in [0.29, 0.717) is 23.0 Å². The van der Waals surface area contributed by atoms with Crippen LogP contribution in [0.5, 0.6) is 0 Å². The molecule has 0 spiro atoms. The third-order valence-electron chi connectivity index (χ3n) is 2.78. The Kier molecular flexibility index (Phi) is 3.69. The molecule has 1 heterocycles. The van der Waals surface area contributed by atoms with Gasteiger partial charge in [-0.1, -0.05) is 13.8 Å². The lowest BCUT2D eigenvalue weighted by Gasteiger charge is -2.13. The summed E-state index contributed by atoms with van der Waals surface area (Å²) >= 11 is 0. The van der Waals surface area contributed by atoms with Crippen molar-refractivity contribution in [3.8, 4) is 0 Å². The lowest BCUT2D eigenvalue weighted by Crippen LogP contribution is -2.17. The molecule has 0 saturated heterocycles. The van der Waals surface area contributed by atoms with Gasteiger partial charge in [0.15, 0.2) is 5.58 Å². The standard InChI is InChI=1S/C13H17N3O3/c1-8(2)6-9(3)14-13-15-11-7-10(16(17)18)4-5-12(11)19-13/h4-5,7-9H,6H2,1-3H3,(H,14,15). The second kappa shape index (κ2) is 5.26. The third-order valence-corrected chi connectivity index (χ3v) is 2.78. The highest BCUT2D eigenvalue weighted by Crippen LogP contribution is 2.24. The third kappa shape index (κ3) is 3.21. The Hall–Kier alpha value is -2.11. The van der Waals surface area contributed by atoms with Gasteiger partial charge >= 0.3 is 0 Å². The molecule has 1 N–H and O–H groups in total. The van der Waals surface area contributed by atoms with Crippen molar-refractivity contribution in [2.45, 2.75) is 33.2 Å². The molecule has 0 radical (unpaired) electrons. The molecule has 0 aliphatic rings. The molecule has 6 heteroatoms. The van der Waals surface area contributed by atoms with Crippen molar-refractivity contribution >= 4 is 22.8 Å². The topological polar surface area (TPSA) is 81.2 Å². The van der Waals surface area contributed by atoms with Crippen LogP contribution in [-0.2, 0) is 0 Å². The fourth-order valence-corrected chi connectivity index (χ4v) is 2.07. The lowest BCUT2D eigenvalue weighted by atomic mass is 10.1. The van der Waals surface area contributed by atoms with Gasteiger partial charge in [-0.2, -0.15) is 4.98 Å². The van der Waals surface area contributed by atoms with Crippen molar-refractivity contribution < 1.29 is 9.34 Å². The minimum atomic E-state index is -0.442. The van der Waals surface area contributed by atoms with Crippen LogP contribution in [0.2, 0.25) is 0 Å². The number of nitro benzene ring substituents is 1. The highest BCUT2D eigenvalue weighted by atomic mass is 16.6. The predicted octanol–water partition coefficient (Wildman–Crippen LogP) is 3.58. The average Bonchev–Trinajstić information content (AvgIpc) is 2.68. The molecule has 0 saturated carbocycles. The van der Waals surface area contributed by atoms with Crippen molar-refractivity contribution in [3.63, 3.8) is 0 Å². The molecule has 0 aliphatic carbocycles. The highest BCUT2D eigenvalue weighted by molar-refractivity contribution is 5.77. The second-order valence-corrected chi connectivity index (χ2v) is 5.10. The molecular weight excluding hydrogens is 246 g/mol. The highest BCUT2D eigenvalue weighted by Gasteiger charge is 2.13. The Balaban J connectivity index is 2.19. The van der Waals surface area contributed by atoms with Gasteiger partial charge < -0.3 is 9.73 Å². The number of nitro groups is 1. The van der Waals surface area contributed by atoms with Crippen LogP contribution >= 0.6 is 0 Å². The minimum Gasteiger partial charge on any atom is -0.424 e. The number of hydrogen-bond acceptors (Lipinski definition) is 5. The Bertz CT molecular complexity index is 592. The largest absolute Gasteiger partial charge is 0.424 e. The first-order valence-electron chi connectivity index (χ1n) is 6.27. The van der Waals surface area contributed by atoms with Crippen molar-refractivity contribution in [1.29, 1.82) is 0 Å². The number of anilines is 1. The summed E-state index contributed by atoms with van der Waals surface area (Å²) in [6.07, 6.45) is 0.999. The van der Waals surface area contributed by atoms with E-state index in [-0.39, 0.29) is 11.7 Å². The summed E-state index contributed by atoms with van der Waals surface area (Å²) in [7, 11) is 0. The van der Waals surface area contributed by atoms with Crippen molar-refractivity contribution in [1.82, 2.24) is 4.98 Å². The van der Waals surface area contributed by atoms with E-state index in [1.165, 1.54) is 12.1 Å². The van der Waals surface area contributed by atoms with E-state index in [1.807, 2.05) is 0 Å². The number of nitrogens with zero attached hydrogens (tertiary/aromatic N) is 2. The van der Waals surface area contributed by atoms with E-state index in [4.69, 9.17) is 4.42 Å². The van der Waals surface area contributed by atoms with Crippen LogP contribution in [0.25, 0.3) is 11.1 Å². The number of oxazole rings is 1. The quantitative estimate of drug-likeness (QED) is 0.658. The first kappa shape index (κ1) is 13.3. The number of benzene rings is 1. The monoisotopic (exact) mass is 263 g/mol. The fraction of sp³-hybridized carbons (Fsp3) is 0.462. The molecule has 2 rings (SSSR count). The van der Waals surface area contributed by atoms with Crippen LogP contribution < -0.4 is 5.32 Å². The normalized spacial score (nSPS) is 12.8. The number of nitrogens with one attached hydrogen (secondary N) is 1. The maximum absolute atomic E-state index is 10.7. The van der Waals surface area contributed by atoms with Gasteiger partial charge in [0.25, 0.3) is 11.7 Å². The molecule has 1 atom stereocenters. The van der Waals surface area contributed by atoms with Crippen LogP contribution in [-0.4, -0.2) is 15.9 Å². The summed E-state index contributed by atoms with van der Waals surface area (Å²) in [5.74, 6) is 0.577. The number of non-ortho nitro benzene ring substituents is 1. The molecule has 0 fully saturated rings. The Labute approximate surface area is 111 Å². The number of hydrogen-bond donors (Lipinski definition) is 1. The van der Waals surface area contributed by atoms with Crippen LogP contribution in [0, 0.1) is 16.0 Å². The summed E-state index contributed by atoms with van der Waals surface area (Å²) in [6.45, 7) is 6.35. The van der Waals surface area contributed by atoms with Gasteiger partial charge in [0.05, 0.1) is 4.92 Å². The van der Waals surface area contributed by atoms with Gasteiger partial charge in [-0.05, 0) is 25.3 Å². The van der Waals surface area contributed by atoms with E-state index in [0.717, 1.165) is 6.42 Å². The summed E-state index contributed by atoms with van der Waals surface area (Å²) in [5.41, 5.74) is 1.06. The molecule has 0 aliphatic heterocycles. The van der Waals surface area contributed by atoms with Gasteiger partial charge in [0, 0.05) is 18.2 Å². The van der Waals surface area contributed by atoms with Gasteiger partial charge in [0.1, 0.15) is 5.52 Å². The molecule has 0 bridgehead atoms. The number of rotatable bonds is 5. The van der Waals surface area contributed by atoms with Crippen LogP contribution in [0.4, 0.5) is 11.7 Å². The summed E-state index contributed by atoms with van der Waals surface area (Å²) < 4.78 is 5.51. The lowest BCUT2D eigenvalue weighted by molar-refractivity contribution is -0.384. The van der Waals surface area contributed by atoms with Crippen molar-refractivity contribution in [2.24, 2.45) is 5.92 Å². The van der Waals surface area contributed by atoms with E-state index in [1.54, 1.807) is 6.07 Å². The van der Waals surface area contributed by atoms with Gasteiger partial charge in [0.2, 0.25) is 0 Å². The maximum atomic E-state index is 10.7. The predicted molar refractivity (Wildman–Crippen MR) is 73.2 cm³/mol. The molecule has 102 valence electrons. The Morgan fingerprint density at radius 1 is 1.42 bits per heavy atom. The Morgan fingerprint density at radius 3 is 2.79 bits per heavy atom. The van der Waals surface area contributed by atoms with Crippen molar-refractivity contribution in [3.05, 3.63) is 28.3 Å². The molecule has 2 aromatic rings. The summed E-state index contributed by atoms with van der Waals surface area (Å²) in [5, 5.41) is 13.8. The average molecular weight is 263 g/mol. The molecule has 19 heavy (non-hydrogen) atoms.